The molecular formula is C22H25N5O4. The van der Waals surface area contributed by atoms with Crippen LogP contribution in [-0.2, 0) is 16.8 Å². The van der Waals surface area contributed by atoms with Crippen molar-refractivity contribution in [2.45, 2.75) is 50.6 Å². The van der Waals surface area contributed by atoms with Crippen LogP contribution in [0.5, 0.6) is 5.75 Å². The van der Waals surface area contributed by atoms with Gasteiger partial charge in [-0.1, -0.05) is 6.92 Å². The van der Waals surface area contributed by atoms with Crippen molar-refractivity contribution < 1.29 is 19.8 Å². The van der Waals surface area contributed by atoms with E-state index in [-0.39, 0.29) is 17.4 Å². The van der Waals surface area contributed by atoms with Gasteiger partial charge in [0, 0.05) is 11.6 Å². The molecule has 1 aliphatic carbocycles. The lowest BCUT2D eigenvalue weighted by Gasteiger charge is -2.37. The predicted octanol–water partition coefficient (Wildman–Crippen LogP) is 2.15. The number of rotatable bonds is 5. The number of nitrogens with two attached hydrogens (primary N) is 2. The Hall–Kier alpha value is -3.46. The number of carboxylic acid groups (broad SMARTS) is 1. The Morgan fingerprint density at radius 3 is 2.58 bits per heavy atom. The number of nitrogens with zero attached hydrogens (tertiary/aromatic N) is 3. The highest BCUT2D eigenvalue weighted by atomic mass is 16.4. The number of primary amides is 1. The summed E-state index contributed by atoms with van der Waals surface area (Å²) in [5.41, 5.74) is 12.8. The number of aromatic nitrogens is 3. The highest BCUT2D eigenvalue weighted by Crippen LogP contribution is 2.38. The molecule has 1 fully saturated rings. The molecule has 2 atom stereocenters. The second kappa shape index (κ2) is 7.66. The number of aryl methyl sites for hydroxylation is 1. The maximum atomic E-state index is 12.7. The van der Waals surface area contributed by atoms with Crippen molar-refractivity contribution in [3.8, 4) is 17.0 Å². The van der Waals surface area contributed by atoms with Gasteiger partial charge in [-0.05, 0) is 62.4 Å². The minimum absolute atomic E-state index is 0.0518. The third kappa shape index (κ3) is 3.40. The number of pyridine rings is 1. The number of carbonyl (C=O) groups excluding carboxylic acids is 1. The molecule has 1 aromatic carbocycles. The van der Waals surface area contributed by atoms with Gasteiger partial charge in [-0.15, -0.1) is 0 Å². The molecule has 2 unspecified atom stereocenters. The Morgan fingerprint density at radius 2 is 2.00 bits per heavy atom. The molecule has 0 radical (unpaired) electrons. The molecule has 9 nitrogen and oxygen atoms in total. The van der Waals surface area contributed by atoms with E-state index in [0.717, 1.165) is 6.42 Å². The van der Waals surface area contributed by atoms with Crippen LogP contribution in [0.4, 0.5) is 0 Å². The number of phenols is 1. The quantitative estimate of drug-likeness (QED) is 0.489. The fourth-order valence-electron chi connectivity index (χ4n) is 4.50. The fourth-order valence-corrected chi connectivity index (χ4v) is 4.50. The summed E-state index contributed by atoms with van der Waals surface area (Å²) in [4.78, 5) is 29.6. The van der Waals surface area contributed by atoms with Crippen LogP contribution in [0.1, 0.15) is 48.7 Å². The van der Waals surface area contributed by atoms with Gasteiger partial charge in [-0.3, -0.25) is 4.79 Å². The van der Waals surface area contributed by atoms with Crippen LogP contribution in [0.2, 0.25) is 0 Å². The Kier molecular flexibility index (Phi) is 5.14. The van der Waals surface area contributed by atoms with Gasteiger partial charge < -0.3 is 21.7 Å². The largest absolute Gasteiger partial charge is 0.508 e. The van der Waals surface area contributed by atoms with E-state index in [0.29, 0.717) is 53.7 Å². The minimum Gasteiger partial charge on any atom is -0.508 e. The smallest absolute Gasteiger partial charge is 0.336 e. The zero-order valence-corrected chi connectivity index (χ0v) is 17.2. The highest BCUT2D eigenvalue weighted by molar-refractivity contribution is 6.04. The summed E-state index contributed by atoms with van der Waals surface area (Å²) in [6.45, 7) is 1.87. The number of hydrogen-bond donors (Lipinski definition) is 4. The van der Waals surface area contributed by atoms with Crippen LogP contribution in [0, 0.1) is 0 Å². The van der Waals surface area contributed by atoms with Gasteiger partial charge in [0.15, 0.2) is 5.65 Å². The summed E-state index contributed by atoms with van der Waals surface area (Å²) in [5, 5.41) is 24.6. The van der Waals surface area contributed by atoms with E-state index in [2.05, 4.69) is 5.10 Å². The first-order chi connectivity index (χ1) is 14.8. The van der Waals surface area contributed by atoms with Crippen molar-refractivity contribution in [2.75, 3.05) is 0 Å². The van der Waals surface area contributed by atoms with Gasteiger partial charge in [0.25, 0.3) is 0 Å². The standard InChI is InChI=1S/C22H25N5O4/c1-2-16-18-15(20(29)30)10-17(12-5-7-14(28)8-6-12)25-19(18)27(26-16)22(21(24)31)9-3-4-13(23)11-22/h5-8,10,13,28H,2-4,9,11,23H2,1H3,(H2,24,31)(H,29,30). The molecule has 31 heavy (non-hydrogen) atoms. The molecule has 3 aromatic rings. The number of phenolic OH excluding ortho intramolecular Hbond substituents is 1. The van der Waals surface area contributed by atoms with Crippen LogP contribution in [-0.4, -0.2) is 42.9 Å². The van der Waals surface area contributed by atoms with E-state index in [4.69, 9.17) is 16.5 Å². The summed E-state index contributed by atoms with van der Waals surface area (Å²) in [6.07, 6.45) is 2.72. The van der Waals surface area contributed by atoms with Crippen molar-refractivity contribution in [1.29, 1.82) is 0 Å². The van der Waals surface area contributed by atoms with Gasteiger partial charge in [0.1, 0.15) is 11.3 Å². The minimum atomic E-state index is -1.17. The van der Waals surface area contributed by atoms with E-state index in [1.807, 2.05) is 6.92 Å². The number of amides is 1. The number of carboxylic acids is 1. The Morgan fingerprint density at radius 1 is 1.29 bits per heavy atom. The van der Waals surface area contributed by atoms with Crippen LogP contribution < -0.4 is 11.5 Å². The molecule has 4 rings (SSSR count). The van der Waals surface area contributed by atoms with E-state index in [1.54, 1.807) is 12.1 Å². The zero-order chi connectivity index (χ0) is 22.3. The van der Waals surface area contributed by atoms with E-state index >= 15 is 0 Å². The fraction of sp³-hybridized carbons (Fsp3) is 0.364. The lowest BCUT2D eigenvalue weighted by molar-refractivity contribution is -0.129. The normalized spacial score (nSPS) is 21.3. The molecule has 1 saturated carbocycles. The van der Waals surface area contributed by atoms with Gasteiger partial charge in [-0.25, -0.2) is 14.5 Å². The van der Waals surface area contributed by atoms with Crippen molar-refractivity contribution in [3.63, 3.8) is 0 Å². The van der Waals surface area contributed by atoms with Gasteiger partial charge >= 0.3 is 5.97 Å². The molecule has 162 valence electrons. The zero-order valence-electron chi connectivity index (χ0n) is 17.2. The second-order valence-electron chi connectivity index (χ2n) is 8.07. The summed E-state index contributed by atoms with van der Waals surface area (Å²) in [6, 6.07) is 7.58. The second-order valence-corrected chi connectivity index (χ2v) is 8.07. The van der Waals surface area contributed by atoms with Crippen LogP contribution in [0.3, 0.4) is 0 Å². The predicted molar refractivity (Wildman–Crippen MR) is 115 cm³/mol. The topological polar surface area (TPSA) is 157 Å². The maximum absolute atomic E-state index is 12.7. The van der Waals surface area contributed by atoms with Crippen LogP contribution >= 0.6 is 0 Å². The number of carbonyl (C=O) groups is 2. The number of benzene rings is 1. The Labute approximate surface area is 178 Å². The van der Waals surface area contributed by atoms with Crippen molar-refractivity contribution in [1.82, 2.24) is 14.8 Å². The summed E-state index contributed by atoms with van der Waals surface area (Å²) < 4.78 is 1.51. The lowest BCUT2D eigenvalue weighted by Crippen LogP contribution is -2.52. The molecule has 0 saturated heterocycles. The molecule has 1 amide bonds. The summed E-state index contributed by atoms with van der Waals surface area (Å²) >= 11 is 0. The molecule has 2 aromatic heterocycles. The average Bonchev–Trinajstić information content (AvgIpc) is 3.12. The third-order valence-corrected chi connectivity index (χ3v) is 6.07. The van der Waals surface area contributed by atoms with Crippen molar-refractivity contribution in [2.24, 2.45) is 11.5 Å². The summed E-state index contributed by atoms with van der Waals surface area (Å²) in [7, 11) is 0. The summed E-state index contributed by atoms with van der Waals surface area (Å²) in [5.74, 6) is -1.58. The molecular weight excluding hydrogens is 398 g/mol. The van der Waals surface area contributed by atoms with E-state index in [9.17, 15) is 19.8 Å². The monoisotopic (exact) mass is 423 g/mol. The highest BCUT2D eigenvalue weighted by Gasteiger charge is 2.45. The Balaban J connectivity index is 2.05. The molecule has 2 heterocycles. The SMILES string of the molecule is CCc1nn(C2(C(N)=O)CCCC(N)C2)c2nc(-c3ccc(O)cc3)cc(C(=O)O)c12. The first-order valence-electron chi connectivity index (χ1n) is 10.3. The van der Waals surface area contributed by atoms with Gasteiger partial charge in [-0.2, -0.15) is 5.10 Å². The van der Waals surface area contributed by atoms with Crippen molar-refractivity contribution >= 4 is 22.9 Å². The molecule has 6 N–H and O–H groups in total. The van der Waals surface area contributed by atoms with Gasteiger partial charge in [0.2, 0.25) is 5.91 Å². The van der Waals surface area contributed by atoms with Crippen LogP contribution in [0.15, 0.2) is 30.3 Å². The first kappa shape index (κ1) is 20.8. The average molecular weight is 423 g/mol. The first-order valence-corrected chi connectivity index (χ1v) is 10.3. The number of aromatic hydroxyl groups is 1. The van der Waals surface area contributed by atoms with Crippen molar-refractivity contribution in [3.05, 3.63) is 41.6 Å². The third-order valence-electron chi connectivity index (χ3n) is 6.07. The Bertz CT molecular complexity index is 1170. The van der Waals surface area contributed by atoms with E-state index in [1.165, 1.54) is 22.9 Å². The number of fused-ring (bicyclic) bond motifs is 1. The molecule has 0 spiro atoms. The molecule has 0 aliphatic heterocycles. The van der Waals surface area contributed by atoms with Gasteiger partial charge in [0.05, 0.1) is 22.3 Å². The van der Waals surface area contributed by atoms with Crippen LogP contribution in [0.25, 0.3) is 22.3 Å². The lowest BCUT2D eigenvalue weighted by atomic mass is 9.78. The van der Waals surface area contributed by atoms with E-state index < -0.39 is 17.4 Å². The number of aromatic carboxylic acids is 1. The molecule has 1 aliphatic rings. The molecule has 0 bridgehead atoms. The molecule has 9 heteroatoms. The maximum Gasteiger partial charge on any atom is 0.336 e. The number of hydrogen-bond acceptors (Lipinski definition) is 6.